The molecule has 0 aliphatic rings. The van der Waals surface area contributed by atoms with Crippen molar-refractivity contribution in [3.8, 4) is 0 Å². The third-order valence-electron chi connectivity index (χ3n) is 6.02. The number of rotatable bonds is 25. The zero-order valence-electron chi connectivity index (χ0n) is 22.9. The molecule has 0 aromatic heterocycles. The van der Waals surface area contributed by atoms with Gasteiger partial charge in [-0.1, -0.05) is 85.5 Å². The van der Waals surface area contributed by atoms with Gasteiger partial charge in [-0.05, 0) is 24.7 Å². The average molecular weight is 485 g/mol. The van der Waals surface area contributed by atoms with Crippen LogP contribution in [0.1, 0.15) is 111 Å². The van der Waals surface area contributed by atoms with E-state index < -0.39 is 0 Å². The summed E-state index contributed by atoms with van der Waals surface area (Å²) in [4.78, 5) is 25.1. The van der Waals surface area contributed by atoms with Gasteiger partial charge in [0.05, 0.1) is 26.4 Å². The molecule has 0 spiro atoms. The number of hydrogen-bond acceptors (Lipinski definition) is 5. The van der Waals surface area contributed by atoms with Crippen molar-refractivity contribution in [1.82, 2.24) is 5.32 Å². The molecule has 0 heterocycles. The number of Topliss-reactive ketones (excluding diaryl/α,β-unsaturated/α-hetero) is 1. The standard InChI is InChI=1S/C28H56N2O4/c1-24(2)14-12-10-8-6-5-7-9-11-13-15-27(31)23-26(22-25(3)4)28(32)30-17-19-34-21-20-33-18-16-29/h24-26H,5-23,29H2,1-4H3,(H,30,32). The Morgan fingerprint density at radius 1 is 0.735 bits per heavy atom. The van der Waals surface area contributed by atoms with E-state index in [1.807, 2.05) is 0 Å². The van der Waals surface area contributed by atoms with Gasteiger partial charge in [0.15, 0.2) is 0 Å². The Morgan fingerprint density at radius 3 is 1.85 bits per heavy atom. The molecule has 6 heteroatoms. The topological polar surface area (TPSA) is 90.7 Å². The summed E-state index contributed by atoms with van der Waals surface area (Å²) in [6.07, 6.45) is 14.4. The van der Waals surface area contributed by atoms with Gasteiger partial charge >= 0.3 is 0 Å². The maximum absolute atomic E-state index is 12.6. The molecule has 0 aliphatic carbocycles. The fourth-order valence-electron chi connectivity index (χ4n) is 4.14. The smallest absolute Gasteiger partial charge is 0.223 e. The Hall–Kier alpha value is -0.980. The summed E-state index contributed by atoms with van der Waals surface area (Å²) in [5.41, 5.74) is 5.36. The lowest BCUT2D eigenvalue weighted by Crippen LogP contribution is -2.35. The third kappa shape index (κ3) is 22.8. The number of carbonyl (C=O) groups is 2. The van der Waals surface area contributed by atoms with Gasteiger partial charge in [0.2, 0.25) is 5.91 Å². The molecule has 1 unspecified atom stereocenters. The summed E-state index contributed by atoms with van der Waals surface area (Å²) in [5.74, 6) is 1.16. The number of hydrogen-bond donors (Lipinski definition) is 2. The molecule has 0 rings (SSSR count). The highest BCUT2D eigenvalue weighted by Gasteiger charge is 2.22. The average Bonchev–Trinajstić information content (AvgIpc) is 2.78. The number of nitrogens with two attached hydrogens (primary N) is 1. The van der Waals surface area contributed by atoms with E-state index in [2.05, 4.69) is 33.0 Å². The van der Waals surface area contributed by atoms with E-state index >= 15 is 0 Å². The molecule has 0 fully saturated rings. The number of carbonyl (C=O) groups excluding carboxylic acids is 2. The lowest BCUT2D eigenvalue weighted by atomic mass is 9.90. The molecule has 0 radical (unpaired) electrons. The van der Waals surface area contributed by atoms with Crippen molar-refractivity contribution in [3.63, 3.8) is 0 Å². The Labute approximate surface area is 210 Å². The maximum atomic E-state index is 12.6. The number of unbranched alkanes of at least 4 members (excludes halogenated alkanes) is 8. The molecule has 0 aromatic carbocycles. The third-order valence-corrected chi connectivity index (χ3v) is 6.02. The minimum absolute atomic E-state index is 0.0292. The first-order chi connectivity index (χ1) is 16.4. The van der Waals surface area contributed by atoms with E-state index in [4.69, 9.17) is 15.2 Å². The molecular formula is C28H56N2O4. The van der Waals surface area contributed by atoms with Crippen LogP contribution in [0, 0.1) is 17.8 Å². The highest BCUT2D eigenvalue weighted by Crippen LogP contribution is 2.19. The zero-order valence-corrected chi connectivity index (χ0v) is 22.9. The molecule has 34 heavy (non-hydrogen) atoms. The lowest BCUT2D eigenvalue weighted by Gasteiger charge is -2.18. The quantitative estimate of drug-likeness (QED) is 0.163. The second-order valence-corrected chi connectivity index (χ2v) is 10.5. The SMILES string of the molecule is CC(C)CCCCCCCCCCCC(=O)CC(CC(C)C)C(=O)NCCOCCOCCN. The van der Waals surface area contributed by atoms with Crippen molar-refractivity contribution >= 4 is 11.7 Å². The van der Waals surface area contributed by atoms with Crippen LogP contribution in [0.2, 0.25) is 0 Å². The van der Waals surface area contributed by atoms with E-state index in [-0.39, 0.29) is 17.6 Å². The Bertz CT molecular complexity index is 483. The number of ether oxygens (including phenoxy) is 2. The molecule has 202 valence electrons. The molecule has 1 amide bonds. The monoisotopic (exact) mass is 484 g/mol. The molecule has 0 aromatic rings. The Morgan fingerprint density at radius 2 is 1.29 bits per heavy atom. The molecule has 3 N–H and O–H groups in total. The first kappa shape index (κ1) is 33.0. The second-order valence-electron chi connectivity index (χ2n) is 10.5. The predicted molar refractivity (Wildman–Crippen MR) is 142 cm³/mol. The first-order valence-corrected chi connectivity index (χ1v) is 14.0. The van der Waals surface area contributed by atoms with E-state index in [0.717, 1.165) is 25.2 Å². The van der Waals surface area contributed by atoms with Crippen LogP contribution in [0.4, 0.5) is 0 Å². The van der Waals surface area contributed by atoms with Crippen molar-refractivity contribution in [2.24, 2.45) is 23.5 Å². The van der Waals surface area contributed by atoms with Gasteiger partial charge in [-0.3, -0.25) is 9.59 Å². The molecular weight excluding hydrogens is 428 g/mol. The fourth-order valence-corrected chi connectivity index (χ4v) is 4.14. The Kier molecular flexibility index (Phi) is 23.1. The van der Waals surface area contributed by atoms with E-state index in [1.54, 1.807) is 0 Å². The number of nitrogens with one attached hydrogen (secondary N) is 1. The largest absolute Gasteiger partial charge is 0.378 e. The van der Waals surface area contributed by atoms with Crippen molar-refractivity contribution < 1.29 is 19.1 Å². The molecule has 0 bridgehead atoms. The van der Waals surface area contributed by atoms with Crippen molar-refractivity contribution in [2.45, 2.75) is 111 Å². The van der Waals surface area contributed by atoms with Crippen LogP contribution < -0.4 is 11.1 Å². The van der Waals surface area contributed by atoms with Gasteiger partial charge in [0.1, 0.15) is 5.78 Å². The van der Waals surface area contributed by atoms with Gasteiger partial charge in [-0.15, -0.1) is 0 Å². The van der Waals surface area contributed by atoms with E-state index in [9.17, 15) is 9.59 Å². The van der Waals surface area contributed by atoms with Crippen molar-refractivity contribution in [1.29, 1.82) is 0 Å². The molecule has 0 saturated carbocycles. The van der Waals surface area contributed by atoms with Gasteiger partial charge in [-0.25, -0.2) is 0 Å². The van der Waals surface area contributed by atoms with Gasteiger partial charge in [-0.2, -0.15) is 0 Å². The summed E-state index contributed by atoms with van der Waals surface area (Å²) in [6.45, 7) is 11.7. The van der Waals surface area contributed by atoms with Gasteiger partial charge < -0.3 is 20.5 Å². The number of amides is 1. The summed E-state index contributed by atoms with van der Waals surface area (Å²) in [5, 5.41) is 2.93. The van der Waals surface area contributed by atoms with Crippen LogP contribution >= 0.6 is 0 Å². The summed E-state index contributed by atoms with van der Waals surface area (Å²) in [7, 11) is 0. The molecule has 6 nitrogen and oxygen atoms in total. The van der Waals surface area contributed by atoms with Crippen LogP contribution in [0.15, 0.2) is 0 Å². The van der Waals surface area contributed by atoms with Crippen LogP contribution in [0.25, 0.3) is 0 Å². The second kappa shape index (κ2) is 23.7. The highest BCUT2D eigenvalue weighted by atomic mass is 16.5. The summed E-state index contributed by atoms with van der Waals surface area (Å²) >= 11 is 0. The molecule has 0 aliphatic heterocycles. The van der Waals surface area contributed by atoms with Crippen LogP contribution in [0.5, 0.6) is 0 Å². The molecule has 0 saturated heterocycles. The van der Waals surface area contributed by atoms with Gasteiger partial charge in [0, 0.05) is 31.8 Å². The van der Waals surface area contributed by atoms with E-state index in [0.29, 0.717) is 58.3 Å². The summed E-state index contributed by atoms with van der Waals surface area (Å²) in [6, 6.07) is 0. The predicted octanol–water partition coefficient (Wildman–Crippen LogP) is 5.66. The number of ketones is 1. The van der Waals surface area contributed by atoms with Crippen LogP contribution in [0.3, 0.4) is 0 Å². The highest BCUT2D eigenvalue weighted by molar-refractivity contribution is 5.86. The van der Waals surface area contributed by atoms with Gasteiger partial charge in [0.25, 0.3) is 0 Å². The molecule has 1 atom stereocenters. The maximum Gasteiger partial charge on any atom is 0.223 e. The minimum atomic E-state index is -0.240. The Balaban J connectivity index is 3.88. The normalized spacial score (nSPS) is 12.4. The van der Waals surface area contributed by atoms with Crippen LogP contribution in [-0.2, 0) is 19.1 Å². The van der Waals surface area contributed by atoms with Crippen molar-refractivity contribution in [2.75, 3.05) is 39.5 Å². The zero-order chi connectivity index (χ0) is 25.4. The fraction of sp³-hybridized carbons (Fsp3) is 0.929. The lowest BCUT2D eigenvalue weighted by molar-refractivity contribution is -0.130. The minimum Gasteiger partial charge on any atom is -0.378 e. The first-order valence-electron chi connectivity index (χ1n) is 14.0. The van der Waals surface area contributed by atoms with Crippen LogP contribution in [-0.4, -0.2) is 51.2 Å². The summed E-state index contributed by atoms with van der Waals surface area (Å²) < 4.78 is 10.7. The van der Waals surface area contributed by atoms with E-state index in [1.165, 1.54) is 51.4 Å². The van der Waals surface area contributed by atoms with Crippen molar-refractivity contribution in [3.05, 3.63) is 0 Å².